The van der Waals surface area contributed by atoms with E-state index in [4.69, 9.17) is 16.7 Å². The largest absolute Gasteiger partial charge is 0.477 e. The summed E-state index contributed by atoms with van der Waals surface area (Å²) in [5.41, 5.74) is 2.07. The van der Waals surface area contributed by atoms with Crippen molar-refractivity contribution in [3.63, 3.8) is 0 Å². The summed E-state index contributed by atoms with van der Waals surface area (Å²) < 4.78 is 0. The van der Waals surface area contributed by atoms with Crippen LogP contribution in [0.2, 0.25) is 0 Å². The van der Waals surface area contributed by atoms with Crippen LogP contribution in [0.15, 0.2) is 21.6 Å². The van der Waals surface area contributed by atoms with Gasteiger partial charge in [0, 0.05) is 11.1 Å². The van der Waals surface area contributed by atoms with Crippen molar-refractivity contribution >= 4 is 52.5 Å². The number of thioether (sulfide) groups is 1. The maximum absolute atomic E-state index is 12.1. The van der Waals surface area contributed by atoms with Crippen molar-refractivity contribution in [1.82, 2.24) is 15.2 Å². The van der Waals surface area contributed by atoms with Crippen molar-refractivity contribution in [2.75, 3.05) is 5.75 Å². The van der Waals surface area contributed by atoms with Gasteiger partial charge in [-0.25, -0.2) is 9.78 Å². The molecule has 0 saturated carbocycles. The third-order valence-corrected chi connectivity index (χ3v) is 5.65. The predicted molar refractivity (Wildman–Crippen MR) is 81.4 cm³/mol. The first kappa shape index (κ1) is 15.3. The highest BCUT2D eigenvalue weighted by molar-refractivity contribution is 8.00. The molecule has 2 aliphatic heterocycles. The summed E-state index contributed by atoms with van der Waals surface area (Å²) in [6, 6.07) is -0.727. The highest BCUT2D eigenvalue weighted by atomic mass is 35.5. The molecule has 7 nitrogen and oxygen atoms in total. The Morgan fingerprint density at radius 1 is 1.55 bits per heavy atom. The predicted octanol–water partition coefficient (Wildman–Crippen LogP) is 0.620. The molecule has 0 aromatic carbocycles. The molecule has 0 aliphatic carbocycles. The minimum Gasteiger partial charge on any atom is -0.477 e. The molecule has 2 amide bonds. The zero-order valence-electron chi connectivity index (χ0n) is 11.0. The van der Waals surface area contributed by atoms with Crippen LogP contribution < -0.4 is 5.32 Å². The molecule has 116 valence electrons. The van der Waals surface area contributed by atoms with Gasteiger partial charge in [0.05, 0.1) is 22.7 Å². The van der Waals surface area contributed by atoms with Crippen LogP contribution in [0.25, 0.3) is 0 Å². The van der Waals surface area contributed by atoms with Gasteiger partial charge >= 0.3 is 5.97 Å². The molecular formula is C12H10ClN3O4S2. The van der Waals surface area contributed by atoms with Gasteiger partial charge in [-0.2, -0.15) is 0 Å². The number of aliphatic carboxylic acids is 1. The first-order chi connectivity index (χ1) is 10.5. The number of β-lactam (4-membered cyclic amide) rings is 1. The Hall–Kier alpha value is -1.58. The molecule has 22 heavy (non-hydrogen) atoms. The highest BCUT2D eigenvalue weighted by Crippen LogP contribution is 2.41. The molecule has 0 unspecified atom stereocenters. The molecule has 1 aromatic heterocycles. The van der Waals surface area contributed by atoms with Gasteiger partial charge in [0.15, 0.2) is 0 Å². The molecule has 0 radical (unpaired) electrons. The van der Waals surface area contributed by atoms with Crippen LogP contribution >= 0.6 is 34.7 Å². The Bertz CT molecular complexity index is 676. The number of nitrogens with zero attached hydrogens (tertiary/aromatic N) is 2. The summed E-state index contributed by atoms with van der Waals surface area (Å²) in [7, 11) is 0. The van der Waals surface area contributed by atoms with Crippen LogP contribution in [-0.2, 0) is 20.8 Å². The first-order valence-electron chi connectivity index (χ1n) is 6.22. The van der Waals surface area contributed by atoms with Gasteiger partial charge in [-0.05, 0) is 0 Å². The number of hydrogen-bond acceptors (Lipinski definition) is 6. The van der Waals surface area contributed by atoms with Crippen LogP contribution in [0.5, 0.6) is 0 Å². The van der Waals surface area contributed by atoms with E-state index in [1.54, 1.807) is 10.9 Å². The molecule has 1 saturated heterocycles. The monoisotopic (exact) mass is 359 g/mol. The number of thiazole rings is 1. The van der Waals surface area contributed by atoms with Crippen molar-refractivity contribution < 1.29 is 19.5 Å². The Balaban J connectivity index is 1.68. The van der Waals surface area contributed by atoms with E-state index in [1.165, 1.54) is 23.1 Å². The number of amides is 2. The lowest BCUT2D eigenvalue weighted by atomic mass is 10.0. The van der Waals surface area contributed by atoms with E-state index < -0.39 is 23.3 Å². The summed E-state index contributed by atoms with van der Waals surface area (Å²) in [5.74, 6) is -1.71. The standard InChI is InChI=1S/C12H10ClN3O4S2/c13-6-3-22-11-8(10(18)16(11)9(6)12(19)20)15-7(17)1-5-2-21-4-14-5/h2,4,8,11H,1,3H2,(H,15,17)(H,19,20)/t8-,11-/m1/s1. The van der Waals surface area contributed by atoms with E-state index in [1.807, 2.05) is 0 Å². The maximum atomic E-state index is 12.1. The van der Waals surface area contributed by atoms with Gasteiger partial charge in [0.2, 0.25) is 5.91 Å². The average molecular weight is 360 g/mol. The minimum absolute atomic E-state index is 0.0903. The van der Waals surface area contributed by atoms with Crippen molar-refractivity contribution in [1.29, 1.82) is 0 Å². The van der Waals surface area contributed by atoms with E-state index in [9.17, 15) is 14.4 Å². The second-order valence-electron chi connectivity index (χ2n) is 4.67. The number of carbonyl (C=O) groups is 3. The summed E-state index contributed by atoms with van der Waals surface area (Å²) in [6.07, 6.45) is 0.0903. The zero-order valence-corrected chi connectivity index (χ0v) is 13.4. The smallest absolute Gasteiger partial charge is 0.353 e. The number of carboxylic acids is 1. The van der Waals surface area contributed by atoms with Crippen molar-refractivity contribution in [3.05, 3.63) is 27.3 Å². The third kappa shape index (κ3) is 2.59. The Kier molecular flexibility index (Phi) is 4.11. The number of nitrogens with one attached hydrogen (secondary N) is 1. The number of halogens is 1. The molecule has 10 heteroatoms. The van der Waals surface area contributed by atoms with Crippen LogP contribution in [0.1, 0.15) is 5.69 Å². The SMILES string of the molecule is O=C(Cc1cscn1)N[C@@H]1C(=O)N2C(C(=O)O)=C(Cl)CS[C@H]12. The van der Waals surface area contributed by atoms with Crippen LogP contribution in [0.3, 0.4) is 0 Å². The fourth-order valence-corrected chi connectivity index (χ4v) is 4.40. The van der Waals surface area contributed by atoms with E-state index in [0.29, 0.717) is 11.4 Å². The molecule has 1 aromatic rings. The number of aromatic nitrogens is 1. The van der Waals surface area contributed by atoms with Gasteiger partial charge in [0.1, 0.15) is 17.1 Å². The molecule has 2 aliphatic rings. The van der Waals surface area contributed by atoms with E-state index in [2.05, 4.69) is 10.3 Å². The lowest BCUT2D eigenvalue weighted by molar-refractivity contribution is -0.150. The average Bonchev–Trinajstić information content (AvgIpc) is 2.97. The van der Waals surface area contributed by atoms with E-state index in [0.717, 1.165) is 4.90 Å². The fraction of sp³-hybridized carbons (Fsp3) is 0.333. The van der Waals surface area contributed by atoms with Crippen LogP contribution in [0.4, 0.5) is 0 Å². The lowest BCUT2D eigenvalue weighted by Crippen LogP contribution is -2.70. The van der Waals surface area contributed by atoms with Crippen molar-refractivity contribution in [2.45, 2.75) is 17.8 Å². The summed E-state index contributed by atoms with van der Waals surface area (Å²) in [4.78, 5) is 40.4. The van der Waals surface area contributed by atoms with Gasteiger partial charge in [-0.15, -0.1) is 23.1 Å². The lowest BCUT2D eigenvalue weighted by Gasteiger charge is -2.48. The zero-order chi connectivity index (χ0) is 15.9. The second kappa shape index (κ2) is 5.90. The normalized spacial score (nSPS) is 23.9. The molecule has 3 heterocycles. The van der Waals surface area contributed by atoms with Crippen molar-refractivity contribution in [2.24, 2.45) is 0 Å². The van der Waals surface area contributed by atoms with Crippen molar-refractivity contribution in [3.8, 4) is 0 Å². The quantitative estimate of drug-likeness (QED) is 0.764. The Labute approximate surface area is 138 Å². The molecule has 2 N–H and O–H groups in total. The molecular weight excluding hydrogens is 350 g/mol. The molecule has 1 fully saturated rings. The van der Waals surface area contributed by atoms with E-state index >= 15 is 0 Å². The second-order valence-corrected chi connectivity index (χ2v) is 6.95. The number of fused-ring (bicyclic) bond motifs is 1. The van der Waals surface area contributed by atoms with E-state index in [-0.39, 0.29) is 23.1 Å². The van der Waals surface area contributed by atoms with Gasteiger partial charge in [-0.3, -0.25) is 14.5 Å². The summed E-state index contributed by atoms with van der Waals surface area (Å²) >= 11 is 8.59. The minimum atomic E-state index is -1.24. The van der Waals surface area contributed by atoms with Gasteiger partial charge in [-0.1, -0.05) is 11.6 Å². The Morgan fingerprint density at radius 3 is 2.95 bits per heavy atom. The van der Waals surface area contributed by atoms with Crippen LogP contribution in [0, 0.1) is 0 Å². The first-order valence-corrected chi connectivity index (χ1v) is 8.59. The highest BCUT2D eigenvalue weighted by Gasteiger charge is 2.54. The third-order valence-electron chi connectivity index (χ3n) is 3.27. The molecule has 0 spiro atoms. The fourth-order valence-electron chi connectivity index (χ4n) is 2.30. The Morgan fingerprint density at radius 2 is 2.32 bits per heavy atom. The van der Waals surface area contributed by atoms with Gasteiger partial charge < -0.3 is 10.4 Å². The molecule has 2 atom stereocenters. The molecule has 3 rings (SSSR count). The number of carboxylic acid groups (broad SMARTS) is 1. The molecule has 0 bridgehead atoms. The number of carbonyl (C=O) groups excluding carboxylic acids is 2. The topological polar surface area (TPSA) is 99.6 Å². The summed E-state index contributed by atoms with van der Waals surface area (Å²) in [6.45, 7) is 0. The number of rotatable bonds is 4. The van der Waals surface area contributed by atoms with Crippen LogP contribution in [-0.4, -0.2) is 49.9 Å². The van der Waals surface area contributed by atoms with Gasteiger partial charge in [0.25, 0.3) is 5.91 Å². The number of hydrogen-bond donors (Lipinski definition) is 2. The maximum Gasteiger partial charge on any atom is 0.353 e. The summed E-state index contributed by atoms with van der Waals surface area (Å²) in [5, 5.41) is 13.2.